The number of benzene rings is 1. The molecule has 1 aromatic carbocycles. The number of nitrogen functional groups attached to an aromatic ring is 1. The molecule has 0 radical (unpaired) electrons. The van der Waals surface area contributed by atoms with Gasteiger partial charge < -0.3 is 16.2 Å². The number of hydrogen-bond acceptors (Lipinski definition) is 3. The summed E-state index contributed by atoms with van der Waals surface area (Å²) in [5.41, 5.74) is 6.45. The second-order valence-electron chi connectivity index (χ2n) is 3.89. The van der Waals surface area contributed by atoms with Crippen LogP contribution in [0, 0.1) is 0 Å². The van der Waals surface area contributed by atoms with E-state index in [0.717, 1.165) is 0 Å². The number of aliphatic carboxylic acids is 1. The molecule has 0 fully saturated rings. The molecule has 1 atom stereocenters. The number of amides is 1. The number of rotatable bonds is 5. The molecule has 0 bridgehead atoms. The number of nitrogens with one attached hydrogen (secondary N) is 1. The topological polar surface area (TPSA) is 92.4 Å². The number of anilines is 1. The quantitative estimate of drug-likeness (QED) is 0.725. The molecular formula is C12H15BrN2O3. The number of nitrogens with two attached hydrogens (primary N) is 1. The SMILES string of the molecule is CCC[C@@H](NC(=O)c1ccc(Br)c(N)c1)C(=O)O. The van der Waals surface area contributed by atoms with Crippen LogP contribution in [0.5, 0.6) is 0 Å². The third-order valence-corrected chi connectivity index (χ3v) is 3.16. The molecule has 0 aliphatic rings. The number of carboxylic acids is 1. The van der Waals surface area contributed by atoms with Gasteiger partial charge in [0, 0.05) is 15.7 Å². The molecule has 1 rings (SSSR count). The fourth-order valence-corrected chi connectivity index (χ4v) is 1.72. The van der Waals surface area contributed by atoms with Gasteiger partial charge >= 0.3 is 5.97 Å². The number of carbonyl (C=O) groups is 2. The third-order valence-electron chi connectivity index (χ3n) is 2.44. The number of hydrogen-bond donors (Lipinski definition) is 3. The van der Waals surface area contributed by atoms with E-state index in [1.807, 2.05) is 6.92 Å². The lowest BCUT2D eigenvalue weighted by Crippen LogP contribution is -2.40. The van der Waals surface area contributed by atoms with Crippen LogP contribution in [-0.4, -0.2) is 23.0 Å². The van der Waals surface area contributed by atoms with Gasteiger partial charge in [0.1, 0.15) is 6.04 Å². The highest BCUT2D eigenvalue weighted by atomic mass is 79.9. The highest BCUT2D eigenvalue weighted by Gasteiger charge is 2.19. The summed E-state index contributed by atoms with van der Waals surface area (Å²) in [5, 5.41) is 11.4. The molecule has 0 spiro atoms. The van der Waals surface area contributed by atoms with Gasteiger partial charge in [-0.2, -0.15) is 0 Å². The van der Waals surface area contributed by atoms with Gasteiger partial charge in [-0.3, -0.25) is 4.79 Å². The lowest BCUT2D eigenvalue weighted by molar-refractivity contribution is -0.139. The van der Waals surface area contributed by atoms with Crippen molar-refractivity contribution in [1.29, 1.82) is 0 Å². The van der Waals surface area contributed by atoms with Crippen molar-refractivity contribution in [3.63, 3.8) is 0 Å². The smallest absolute Gasteiger partial charge is 0.326 e. The highest BCUT2D eigenvalue weighted by Crippen LogP contribution is 2.20. The van der Waals surface area contributed by atoms with Gasteiger partial charge in [-0.25, -0.2) is 4.79 Å². The van der Waals surface area contributed by atoms with Gasteiger partial charge in [0.2, 0.25) is 0 Å². The predicted octanol–water partition coefficient (Wildman–Crippen LogP) is 2.01. The molecule has 18 heavy (non-hydrogen) atoms. The van der Waals surface area contributed by atoms with Gasteiger partial charge in [-0.15, -0.1) is 0 Å². The van der Waals surface area contributed by atoms with Gasteiger partial charge in [0.25, 0.3) is 5.91 Å². The number of halogens is 1. The normalized spacial score (nSPS) is 11.9. The van der Waals surface area contributed by atoms with Crippen LogP contribution in [0.25, 0.3) is 0 Å². The molecule has 0 heterocycles. The van der Waals surface area contributed by atoms with Crippen LogP contribution >= 0.6 is 15.9 Å². The van der Waals surface area contributed by atoms with Gasteiger partial charge in [0.15, 0.2) is 0 Å². The summed E-state index contributed by atoms with van der Waals surface area (Å²) in [5.74, 6) is -1.47. The van der Waals surface area contributed by atoms with E-state index < -0.39 is 17.9 Å². The maximum Gasteiger partial charge on any atom is 0.326 e. The summed E-state index contributed by atoms with van der Waals surface area (Å²) in [4.78, 5) is 22.8. The lowest BCUT2D eigenvalue weighted by atomic mass is 10.1. The van der Waals surface area contributed by atoms with Crippen molar-refractivity contribution in [3.8, 4) is 0 Å². The number of carbonyl (C=O) groups excluding carboxylic acids is 1. The average Bonchev–Trinajstić information content (AvgIpc) is 2.31. The van der Waals surface area contributed by atoms with Crippen LogP contribution in [0.15, 0.2) is 22.7 Å². The Morgan fingerprint density at radius 3 is 2.67 bits per heavy atom. The fraction of sp³-hybridized carbons (Fsp3) is 0.333. The van der Waals surface area contributed by atoms with E-state index >= 15 is 0 Å². The molecule has 4 N–H and O–H groups in total. The highest BCUT2D eigenvalue weighted by molar-refractivity contribution is 9.10. The Morgan fingerprint density at radius 2 is 2.17 bits per heavy atom. The van der Waals surface area contributed by atoms with Crippen molar-refractivity contribution >= 4 is 33.5 Å². The minimum atomic E-state index is -1.03. The molecule has 5 nitrogen and oxygen atoms in total. The second-order valence-corrected chi connectivity index (χ2v) is 4.74. The summed E-state index contributed by atoms with van der Waals surface area (Å²) >= 11 is 3.23. The molecule has 0 aliphatic carbocycles. The van der Waals surface area contributed by atoms with Crippen LogP contribution in [-0.2, 0) is 4.79 Å². The van der Waals surface area contributed by atoms with E-state index in [0.29, 0.717) is 28.6 Å². The summed E-state index contributed by atoms with van der Waals surface area (Å²) in [6.45, 7) is 1.86. The summed E-state index contributed by atoms with van der Waals surface area (Å²) < 4.78 is 0.697. The van der Waals surface area contributed by atoms with Crippen molar-refractivity contribution < 1.29 is 14.7 Å². The molecule has 0 saturated heterocycles. The van der Waals surface area contributed by atoms with Crippen molar-refractivity contribution in [2.75, 3.05) is 5.73 Å². The standard InChI is InChI=1S/C12H15BrN2O3/c1-2-3-10(12(17)18)15-11(16)7-4-5-8(13)9(14)6-7/h4-6,10H,2-3,14H2,1H3,(H,15,16)(H,17,18)/t10-/m1/s1. The molecule has 0 unspecified atom stereocenters. The zero-order valence-corrected chi connectivity index (χ0v) is 11.5. The van der Waals surface area contributed by atoms with E-state index in [4.69, 9.17) is 10.8 Å². The maximum atomic E-state index is 11.9. The minimum Gasteiger partial charge on any atom is -0.480 e. The Labute approximate surface area is 113 Å². The van der Waals surface area contributed by atoms with E-state index in [1.54, 1.807) is 12.1 Å². The third kappa shape index (κ3) is 3.73. The number of carboxylic acid groups (broad SMARTS) is 1. The molecule has 0 aliphatic heterocycles. The first-order valence-corrected chi connectivity index (χ1v) is 6.33. The fourth-order valence-electron chi connectivity index (χ4n) is 1.47. The Kier molecular flexibility index (Phi) is 5.15. The van der Waals surface area contributed by atoms with Crippen LogP contribution in [0.1, 0.15) is 30.1 Å². The van der Waals surface area contributed by atoms with E-state index in [-0.39, 0.29) is 0 Å². The maximum absolute atomic E-state index is 11.9. The van der Waals surface area contributed by atoms with E-state index in [1.165, 1.54) is 6.07 Å². The van der Waals surface area contributed by atoms with Crippen LogP contribution in [0.3, 0.4) is 0 Å². The summed E-state index contributed by atoms with van der Waals surface area (Å²) in [6.07, 6.45) is 1.08. The first-order valence-electron chi connectivity index (χ1n) is 5.54. The molecular weight excluding hydrogens is 300 g/mol. The van der Waals surface area contributed by atoms with E-state index in [9.17, 15) is 9.59 Å². The van der Waals surface area contributed by atoms with Gasteiger partial charge in [0.05, 0.1) is 0 Å². The second kappa shape index (κ2) is 6.39. The predicted molar refractivity (Wildman–Crippen MR) is 72.4 cm³/mol. The summed E-state index contributed by atoms with van der Waals surface area (Å²) in [6, 6.07) is 3.87. The van der Waals surface area contributed by atoms with Crippen LogP contribution < -0.4 is 11.1 Å². The van der Waals surface area contributed by atoms with Gasteiger partial charge in [-0.05, 0) is 40.5 Å². The molecule has 1 aromatic rings. The van der Waals surface area contributed by atoms with Crippen molar-refractivity contribution in [2.45, 2.75) is 25.8 Å². The molecule has 1 amide bonds. The minimum absolute atomic E-state index is 0.345. The Hall–Kier alpha value is -1.56. The van der Waals surface area contributed by atoms with Crippen molar-refractivity contribution in [1.82, 2.24) is 5.32 Å². The lowest BCUT2D eigenvalue weighted by Gasteiger charge is -2.13. The molecule has 6 heteroatoms. The zero-order valence-electron chi connectivity index (χ0n) is 9.94. The molecule has 0 aromatic heterocycles. The van der Waals surface area contributed by atoms with Crippen LogP contribution in [0.2, 0.25) is 0 Å². The van der Waals surface area contributed by atoms with Crippen molar-refractivity contribution in [2.24, 2.45) is 0 Å². The first kappa shape index (κ1) is 14.5. The Morgan fingerprint density at radius 1 is 1.50 bits per heavy atom. The Bertz CT molecular complexity index is 463. The van der Waals surface area contributed by atoms with Crippen LogP contribution in [0.4, 0.5) is 5.69 Å². The summed E-state index contributed by atoms with van der Waals surface area (Å²) in [7, 11) is 0. The van der Waals surface area contributed by atoms with E-state index in [2.05, 4.69) is 21.2 Å². The average molecular weight is 315 g/mol. The molecule has 98 valence electrons. The largest absolute Gasteiger partial charge is 0.480 e. The first-order chi connectivity index (χ1) is 8.45. The van der Waals surface area contributed by atoms with Crippen molar-refractivity contribution in [3.05, 3.63) is 28.2 Å². The Balaban J connectivity index is 2.80. The monoisotopic (exact) mass is 314 g/mol. The van der Waals surface area contributed by atoms with Gasteiger partial charge in [-0.1, -0.05) is 13.3 Å². The zero-order chi connectivity index (χ0) is 13.7. The molecule has 0 saturated carbocycles.